The molecule has 1 atom stereocenters. The number of nitrogens with one attached hydrogen (secondary N) is 1. The first-order chi connectivity index (χ1) is 13.4. The quantitative estimate of drug-likeness (QED) is 0.772. The van der Waals surface area contributed by atoms with Gasteiger partial charge in [-0.05, 0) is 44.0 Å². The Morgan fingerprint density at radius 3 is 2.82 bits per heavy atom. The Balaban J connectivity index is 1.73. The fraction of sp³-hybridized carbons (Fsp3) is 0.381. The number of rotatable bonds is 5. The van der Waals surface area contributed by atoms with Gasteiger partial charge in [0.2, 0.25) is 5.91 Å². The third-order valence-corrected chi connectivity index (χ3v) is 5.77. The first kappa shape index (κ1) is 20.1. The highest BCUT2D eigenvalue weighted by atomic mass is 32.1. The van der Waals surface area contributed by atoms with Crippen LogP contribution in [0.15, 0.2) is 30.3 Å². The number of esters is 1. The predicted octanol–water partition coefficient (Wildman–Crippen LogP) is 3.93. The van der Waals surface area contributed by atoms with Gasteiger partial charge in [-0.15, -0.1) is 11.3 Å². The van der Waals surface area contributed by atoms with Crippen LogP contribution in [0.2, 0.25) is 0 Å². The molecule has 2 heterocycles. The smallest absolute Gasteiger partial charge is 0.348 e. The average molecular weight is 401 g/mol. The number of hydrogen-bond donors (Lipinski definition) is 1. The van der Waals surface area contributed by atoms with Crippen molar-refractivity contribution >= 4 is 40.5 Å². The van der Waals surface area contributed by atoms with Crippen molar-refractivity contribution in [1.82, 2.24) is 0 Å². The van der Waals surface area contributed by atoms with Crippen LogP contribution in [0.3, 0.4) is 0 Å². The lowest BCUT2D eigenvalue weighted by atomic mass is 10.1. The molecule has 148 valence electrons. The zero-order chi connectivity index (χ0) is 20.3. The summed E-state index contributed by atoms with van der Waals surface area (Å²) in [6, 6.07) is 8.64. The molecule has 0 aliphatic carbocycles. The van der Waals surface area contributed by atoms with E-state index in [-0.39, 0.29) is 30.9 Å². The Morgan fingerprint density at radius 2 is 2.07 bits per heavy atom. The van der Waals surface area contributed by atoms with Crippen LogP contribution < -0.4 is 10.2 Å². The van der Waals surface area contributed by atoms with Crippen LogP contribution in [0.1, 0.15) is 46.8 Å². The summed E-state index contributed by atoms with van der Waals surface area (Å²) in [6.07, 6.45) is 2.10. The molecule has 0 saturated heterocycles. The third kappa shape index (κ3) is 4.25. The van der Waals surface area contributed by atoms with Crippen LogP contribution in [0, 0.1) is 6.92 Å². The number of amides is 2. The largest absolute Gasteiger partial charge is 0.451 e. The van der Waals surface area contributed by atoms with Crippen LogP contribution in [0.5, 0.6) is 0 Å². The van der Waals surface area contributed by atoms with Crippen molar-refractivity contribution in [3.63, 3.8) is 0 Å². The number of anilines is 2. The van der Waals surface area contributed by atoms with E-state index in [4.69, 9.17) is 4.74 Å². The highest BCUT2D eigenvalue weighted by Crippen LogP contribution is 2.31. The summed E-state index contributed by atoms with van der Waals surface area (Å²) in [5.41, 5.74) is 2.33. The summed E-state index contributed by atoms with van der Waals surface area (Å²) in [6.45, 7) is 5.51. The first-order valence-electron chi connectivity index (χ1n) is 9.38. The van der Waals surface area contributed by atoms with Gasteiger partial charge in [-0.2, -0.15) is 0 Å². The van der Waals surface area contributed by atoms with E-state index in [1.807, 2.05) is 13.0 Å². The molecule has 1 unspecified atom stereocenters. The number of aryl methyl sites for hydroxylation is 2. The molecule has 7 heteroatoms. The number of nitrogens with zero attached hydrogens (tertiary/aromatic N) is 1. The summed E-state index contributed by atoms with van der Waals surface area (Å²) in [7, 11) is 0. The van der Waals surface area contributed by atoms with Crippen molar-refractivity contribution in [2.45, 2.75) is 46.1 Å². The van der Waals surface area contributed by atoms with E-state index in [0.717, 1.165) is 23.3 Å². The Hall–Kier alpha value is -2.67. The zero-order valence-electron chi connectivity index (χ0n) is 16.3. The lowest BCUT2D eigenvalue weighted by molar-refractivity contribution is -0.122. The van der Waals surface area contributed by atoms with Gasteiger partial charge in [-0.1, -0.05) is 25.5 Å². The van der Waals surface area contributed by atoms with Crippen LogP contribution >= 0.6 is 11.3 Å². The number of thiophene rings is 1. The molecule has 1 aliphatic heterocycles. The fourth-order valence-corrected chi connectivity index (χ4v) is 4.34. The summed E-state index contributed by atoms with van der Waals surface area (Å²) >= 11 is 1.39. The van der Waals surface area contributed by atoms with Gasteiger partial charge in [0.05, 0.1) is 11.4 Å². The van der Waals surface area contributed by atoms with Gasteiger partial charge >= 0.3 is 5.97 Å². The summed E-state index contributed by atoms with van der Waals surface area (Å²) in [5.74, 6) is -0.995. The number of fused-ring (bicyclic) bond motifs is 1. The zero-order valence-corrected chi connectivity index (χ0v) is 17.1. The molecule has 28 heavy (non-hydrogen) atoms. The average Bonchev–Trinajstić information content (AvgIpc) is 2.95. The summed E-state index contributed by atoms with van der Waals surface area (Å²) in [4.78, 5) is 40.4. The van der Waals surface area contributed by atoms with E-state index in [9.17, 15) is 14.4 Å². The first-order valence-corrected chi connectivity index (χ1v) is 10.2. The number of carbonyl (C=O) groups excluding carboxylic acids is 3. The monoisotopic (exact) mass is 400 g/mol. The normalized spacial score (nSPS) is 16.2. The van der Waals surface area contributed by atoms with Gasteiger partial charge in [-0.3, -0.25) is 9.59 Å². The number of benzene rings is 1. The molecule has 1 aromatic carbocycles. The van der Waals surface area contributed by atoms with Gasteiger partial charge < -0.3 is 15.0 Å². The minimum Gasteiger partial charge on any atom is -0.451 e. The van der Waals surface area contributed by atoms with Crippen molar-refractivity contribution in [3.05, 3.63) is 45.6 Å². The van der Waals surface area contributed by atoms with Crippen molar-refractivity contribution < 1.29 is 19.1 Å². The maximum Gasteiger partial charge on any atom is 0.348 e. The number of ether oxygens (including phenoxy) is 1. The maximum absolute atomic E-state index is 12.9. The number of carbonyl (C=O) groups is 3. The van der Waals surface area contributed by atoms with Crippen molar-refractivity contribution in [1.29, 1.82) is 0 Å². The van der Waals surface area contributed by atoms with E-state index in [1.54, 1.807) is 31.2 Å². The highest BCUT2D eigenvalue weighted by molar-refractivity contribution is 7.14. The Morgan fingerprint density at radius 1 is 1.32 bits per heavy atom. The molecule has 2 amide bonds. The van der Waals surface area contributed by atoms with E-state index >= 15 is 0 Å². The second-order valence-electron chi connectivity index (χ2n) is 6.90. The molecule has 6 nitrogen and oxygen atoms in total. The lowest BCUT2D eigenvalue weighted by Crippen LogP contribution is -2.41. The van der Waals surface area contributed by atoms with Crippen LogP contribution in [0.4, 0.5) is 11.4 Å². The molecule has 0 spiro atoms. The number of hydrogen-bond acceptors (Lipinski definition) is 5. The molecule has 0 saturated carbocycles. The van der Waals surface area contributed by atoms with Crippen LogP contribution in [-0.4, -0.2) is 30.4 Å². The van der Waals surface area contributed by atoms with Crippen molar-refractivity contribution in [3.8, 4) is 0 Å². The third-order valence-electron chi connectivity index (χ3n) is 4.70. The molecule has 1 aromatic heterocycles. The predicted molar refractivity (Wildman–Crippen MR) is 110 cm³/mol. The molecular weight excluding hydrogens is 376 g/mol. The topological polar surface area (TPSA) is 75.7 Å². The van der Waals surface area contributed by atoms with Crippen LogP contribution in [0.25, 0.3) is 0 Å². The van der Waals surface area contributed by atoms with Gasteiger partial charge in [-0.25, -0.2) is 4.79 Å². The second kappa shape index (κ2) is 8.56. The maximum atomic E-state index is 12.9. The molecule has 0 fully saturated rings. The molecule has 1 N–H and O–H groups in total. The molecule has 3 rings (SSSR count). The Kier molecular flexibility index (Phi) is 6.14. The minimum atomic E-state index is -0.492. The van der Waals surface area contributed by atoms with Gasteiger partial charge in [0, 0.05) is 17.3 Å². The van der Waals surface area contributed by atoms with Crippen molar-refractivity contribution in [2.24, 2.45) is 0 Å². The molecule has 2 aromatic rings. The van der Waals surface area contributed by atoms with E-state index < -0.39 is 5.97 Å². The fourth-order valence-electron chi connectivity index (χ4n) is 3.37. The van der Waals surface area contributed by atoms with E-state index in [0.29, 0.717) is 16.3 Å². The lowest BCUT2D eigenvalue weighted by Gasteiger charge is -2.27. The molecule has 1 aliphatic rings. The Bertz CT molecular complexity index is 906. The summed E-state index contributed by atoms with van der Waals surface area (Å²) < 4.78 is 5.30. The second-order valence-corrected chi connectivity index (χ2v) is 8.16. The van der Waals surface area contributed by atoms with E-state index in [1.165, 1.54) is 16.2 Å². The van der Waals surface area contributed by atoms with Crippen LogP contribution in [-0.2, 0) is 20.7 Å². The Labute approximate surface area is 168 Å². The highest BCUT2D eigenvalue weighted by Gasteiger charge is 2.30. The van der Waals surface area contributed by atoms with Gasteiger partial charge in [0.1, 0.15) is 4.88 Å². The number of para-hydroxylation sites is 2. The SMILES string of the molecule is CCCc1cc(C(=O)OCC(=O)N2c3ccccc3NC(=O)CC2C)sc1C. The summed E-state index contributed by atoms with van der Waals surface area (Å²) in [5, 5.41) is 2.81. The molecule has 0 bridgehead atoms. The van der Waals surface area contributed by atoms with E-state index in [2.05, 4.69) is 12.2 Å². The molecule has 0 radical (unpaired) electrons. The minimum absolute atomic E-state index is 0.148. The standard InChI is InChI=1S/C21H24N2O4S/c1-4-7-15-11-18(28-14(15)3)21(26)27-12-20(25)23-13(2)10-19(24)22-16-8-5-6-9-17(16)23/h5-6,8-9,11,13H,4,7,10,12H2,1-3H3,(H,22,24). The molecular formula is C21H24N2O4S. The van der Waals surface area contributed by atoms with Gasteiger partial charge in [0.25, 0.3) is 5.91 Å². The van der Waals surface area contributed by atoms with Crippen molar-refractivity contribution in [2.75, 3.05) is 16.8 Å². The van der Waals surface area contributed by atoms with Gasteiger partial charge in [0.15, 0.2) is 6.61 Å².